The van der Waals surface area contributed by atoms with Crippen LogP contribution in [0.5, 0.6) is 0 Å². The normalized spacial score (nSPS) is 3.00. The summed E-state index contributed by atoms with van der Waals surface area (Å²) in [6.45, 7) is 0. The third kappa shape index (κ3) is 497. The fraction of sp³-hybridized carbons (Fsp3) is 0. The monoisotopic (exact) mass is 100 g/mol. The van der Waals surface area contributed by atoms with E-state index in [-0.39, 0.29) is 0 Å². The van der Waals surface area contributed by atoms with Gasteiger partial charge in [0.05, 0.1) is 0 Å². The molecule has 0 fully saturated rings. The summed E-state index contributed by atoms with van der Waals surface area (Å²) in [5.74, 6) is 7.00. The molecule has 0 bridgehead atoms. The van der Waals surface area contributed by atoms with E-state index in [2.05, 4.69) is 11.8 Å². The van der Waals surface area contributed by atoms with Crippen molar-refractivity contribution in [2.24, 2.45) is 11.8 Å². The molecule has 0 aromatic heterocycles. The molecule has 0 aliphatic carbocycles. The molecule has 0 amide bonds. The van der Waals surface area contributed by atoms with E-state index in [1.54, 1.807) is 0 Å². The molecule has 0 saturated carbocycles. The average molecular weight is 100 g/mol. The molecule has 6 heteroatoms. The van der Waals surface area contributed by atoms with Crippen molar-refractivity contribution < 1.29 is 20.9 Å². The third-order valence-electron chi connectivity index (χ3n) is 0. The molecular formula is H8N2O4. The zero-order valence-electron chi connectivity index (χ0n) is 2.94. The zero-order chi connectivity index (χ0) is 6.00. The minimum Gasteiger partial charge on any atom is -0.320 e. The molecule has 0 radical (unpaired) electrons. The van der Waals surface area contributed by atoms with Crippen LogP contribution in [0, 0.1) is 0 Å². The van der Waals surface area contributed by atoms with Crippen LogP contribution in [0.3, 0.4) is 0 Å². The molecule has 8 N–H and O–H groups in total. The van der Waals surface area contributed by atoms with Crippen LogP contribution in [0.15, 0.2) is 0 Å². The van der Waals surface area contributed by atoms with E-state index in [0.29, 0.717) is 0 Å². The van der Waals surface area contributed by atoms with Crippen molar-refractivity contribution in [3.63, 3.8) is 0 Å². The lowest BCUT2D eigenvalue weighted by Crippen LogP contribution is -1.72. The Bertz CT molecular complexity index is 5.51. The Morgan fingerprint density at radius 3 is 0.667 bits per heavy atom. The number of rotatable bonds is 0. The molecule has 42 valence electrons. The minimum absolute atomic E-state index is 3.50. The summed E-state index contributed by atoms with van der Waals surface area (Å²) >= 11 is 0. The second-order valence-corrected chi connectivity index (χ2v) is 0. The van der Waals surface area contributed by atoms with Crippen molar-refractivity contribution in [1.82, 2.24) is 0 Å². The van der Waals surface area contributed by atoms with Crippen molar-refractivity contribution >= 4 is 0 Å². The molecule has 0 spiro atoms. The van der Waals surface area contributed by atoms with Gasteiger partial charge in [-0.05, 0) is 0 Å². The summed E-state index contributed by atoms with van der Waals surface area (Å²) in [6, 6.07) is 0. The second kappa shape index (κ2) is 1170. The van der Waals surface area contributed by atoms with Gasteiger partial charge in [-0.15, -0.1) is 0 Å². The van der Waals surface area contributed by atoms with Crippen LogP contribution in [0.4, 0.5) is 0 Å². The standard InChI is InChI=1S/2H3NO.H2O2/c3*1-2/h2*2H,1H2;1-2H. The van der Waals surface area contributed by atoms with Gasteiger partial charge >= 0.3 is 0 Å². The van der Waals surface area contributed by atoms with Gasteiger partial charge in [-0.3, -0.25) is 10.5 Å². The largest absolute Gasteiger partial charge is 0.320 e. The molecule has 0 aromatic rings. The van der Waals surface area contributed by atoms with E-state index in [1.807, 2.05) is 0 Å². The van der Waals surface area contributed by atoms with Crippen LogP contribution >= 0.6 is 0 Å². The molecule has 0 aromatic carbocycles. The van der Waals surface area contributed by atoms with E-state index in [0.717, 1.165) is 0 Å². The lowest BCUT2D eigenvalue weighted by Gasteiger charge is -1.27. The highest BCUT2D eigenvalue weighted by Gasteiger charge is 0.746. The van der Waals surface area contributed by atoms with Crippen molar-refractivity contribution in [1.29, 1.82) is 0 Å². The summed E-state index contributed by atoms with van der Waals surface area (Å²) in [5, 5.41) is 25.0. The Morgan fingerprint density at radius 1 is 0.667 bits per heavy atom. The molecule has 0 rings (SSSR count). The van der Waals surface area contributed by atoms with Gasteiger partial charge < -0.3 is 10.4 Å². The summed E-state index contributed by atoms with van der Waals surface area (Å²) in [7, 11) is 0. The number of hydrogen-bond donors (Lipinski definition) is 6. The van der Waals surface area contributed by atoms with Crippen molar-refractivity contribution in [3.8, 4) is 0 Å². The van der Waals surface area contributed by atoms with Gasteiger partial charge in [0.2, 0.25) is 0 Å². The van der Waals surface area contributed by atoms with E-state index in [4.69, 9.17) is 20.9 Å². The van der Waals surface area contributed by atoms with Crippen LogP contribution < -0.4 is 11.8 Å². The topological polar surface area (TPSA) is 133 Å². The van der Waals surface area contributed by atoms with Gasteiger partial charge in [0.15, 0.2) is 0 Å². The van der Waals surface area contributed by atoms with Crippen LogP contribution in [0.2, 0.25) is 0 Å². The molecule has 6 heavy (non-hydrogen) atoms. The quantitative estimate of drug-likeness (QED) is 0.165. The van der Waals surface area contributed by atoms with Crippen LogP contribution in [0.1, 0.15) is 0 Å². The van der Waals surface area contributed by atoms with Crippen LogP contribution in [0.25, 0.3) is 0 Å². The fourth-order valence-electron chi connectivity index (χ4n) is 0. The Balaban J connectivity index is -0.0000000225. The number of nitrogens with two attached hydrogens (primary N) is 2. The van der Waals surface area contributed by atoms with Gasteiger partial charge in [0.1, 0.15) is 0 Å². The first-order valence-electron chi connectivity index (χ1n) is 0.716. The molecule has 6 nitrogen and oxygen atoms in total. The summed E-state index contributed by atoms with van der Waals surface area (Å²) in [4.78, 5) is 0. The Morgan fingerprint density at radius 2 is 0.667 bits per heavy atom. The maximum Gasteiger partial charge on any atom is -0.219 e. The van der Waals surface area contributed by atoms with E-state index in [9.17, 15) is 0 Å². The maximum atomic E-state index is 6.50. The SMILES string of the molecule is NO.NO.OO. The highest BCUT2D eigenvalue weighted by Crippen LogP contribution is 0.711. The molecular weight excluding hydrogens is 92.0 g/mol. The van der Waals surface area contributed by atoms with E-state index < -0.39 is 0 Å². The van der Waals surface area contributed by atoms with E-state index >= 15 is 0 Å². The van der Waals surface area contributed by atoms with Crippen LogP contribution in [-0.2, 0) is 0 Å². The highest BCUT2D eigenvalue weighted by atomic mass is 17.0. The van der Waals surface area contributed by atoms with Gasteiger partial charge in [-0.2, -0.15) is 0 Å². The van der Waals surface area contributed by atoms with Gasteiger partial charge in [-0.25, -0.2) is 11.8 Å². The first-order chi connectivity index (χ1) is 3.00. The summed E-state index contributed by atoms with van der Waals surface area (Å²) < 4.78 is 0. The van der Waals surface area contributed by atoms with Gasteiger partial charge in [0.25, 0.3) is 0 Å². The fourth-order valence-corrected chi connectivity index (χ4v) is 0. The predicted octanol–water partition coefficient (Wildman–Crippen LogP) is -1.31. The predicted molar refractivity (Wildman–Crippen MR) is 17.2 cm³/mol. The van der Waals surface area contributed by atoms with Crippen LogP contribution in [-0.4, -0.2) is 20.9 Å². The molecule has 0 saturated heterocycles. The first kappa shape index (κ1) is 17.1. The molecule has 0 unspecified atom stereocenters. The minimum atomic E-state index is 3.50. The molecule has 0 aliphatic heterocycles. The Labute approximate surface area is 34.1 Å². The summed E-state index contributed by atoms with van der Waals surface area (Å²) in [5.41, 5.74) is 0. The Kier molecular flexibility index (Phi) is 3340. The Hall–Kier alpha value is -0.240. The van der Waals surface area contributed by atoms with Crippen molar-refractivity contribution in [2.75, 3.05) is 0 Å². The molecule has 0 aliphatic rings. The first-order valence-corrected chi connectivity index (χ1v) is 0.716. The maximum absolute atomic E-state index is 6.50. The highest BCUT2D eigenvalue weighted by molar-refractivity contribution is 2.78. The van der Waals surface area contributed by atoms with E-state index in [1.165, 1.54) is 0 Å². The summed E-state index contributed by atoms with van der Waals surface area (Å²) in [6.07, 6.45) is 0. The lowest BCUT2D eigenvalue weighted by atomic mass is 13.6. The lowest BCUT2D eigenvalue weighted by molar-refractivity contribution is -0.176. The van der Waals surface area contributed by atoms with Gasteiger partial charge in [0, 0.05) is 0 Å². The average Bonchev–Trinajstić information content (AvgIpc) is 1.81. The third-order valence-corrected chi connectivity index (χ3v) is 0. The molecule has 0 heterocycles. The van der Waals surface area contributed by atoms with Crippen molar-refractivity contribution in [3.05, 3.63) is 0 Å². The van der Waals surface area contributed by atoms with Crippen molar-refractivity contribution in [2.45, 2.75) is 0 Å². The second-order valence-electron chi connectivity index (χ2n) is 0. The zero-order valence-corrected chi connectivity index (χ0v) is 2.94. The van der Waals surface area contributed by atoms with Gasteiger partial charge in [-0.1, -0.05) is 0 Å². The molecule has 0 atom stereocenters. The number of hydrogen-bond acceptors (Lipinski definition) is 6. The smallest absolute Gasteiger partial charge is 0.219 e.